The number of nitrogens with two attached hydrogens (primary N) is 1. The molecule has 1 heterocycles. The molecule has 0 unspecified atom stereocenters. The number of sulfonamides is 1. The molecule has 1 aliphatic rings. The van der Waals surface area contributed by atoms with E-state index in [1.165, 1.54) is 18.2 Å². The largest absolute Gasteiger partial charge is 0.334 e. The molecule has 0 saturated carbocycles. The second kappa shape index (κ2) is 4.12. The highest BCUT2D eigenvalue weighted by Crippen LogP contribution is 2.25. The molecule has 17 heavy (non-hydrogen) atoms. The van der Waals surface area contributed by atoms with Gasteiger partial charge in [-0.05, 0) is 30.2 Å². The molecule has 0 saturated heterocycles. The van der Waals surface area contributed by atoms with Crippen LogP contribution in [0.2, 0.25) is 0 Å². The van der Waals surface area contributed by atoms with E-state index in [2.05, 4.69) is 0 Å². The summed E-state index contributed by atoms with van der Waals surface area (Å²) in [4.78, 5) is 13.7. The van der Waals surface area contributed by atoms with Crippen LogP contribution < -0.4 is 5.14 Å². The molecule has 0 fully saturated rings. The average molecular weight is 254 g/mol. The van der Waals surface area contributed by atoms with Crippen LogP contribution in [-0.2, 0) is 16.6 Å². The van der Waals surface area contributed by atoms with Crippen molar-refractivity contribution in [1.29, 1.82) is 0 Å². The number of rotatable bonds is 3. The second-order valence-electron chi connectivity index (χ2n) is 4.09. The predicted molar refractivity (Wildman–Crippen MR) is 62.8 cm³/mol. The van der Waals surface area contributed by atoms with Gasteiger partial charge in [0, 0.05) is 18.7 Å². The van der Waals surface area contributed by atoms with Crippen molar-refractivity contribution in [3.63, 3.8) is 0 Å². The molecule has 0 aliphatic carbocycles. The summed E-state index contributed by atoms with van der Waals surface area (Å²) in [5.74, 6) is -0.0391. The monoisotopic (exact) mass is 254 g/mol. The highest BCUT2D eigenvalue weighted by molar-refractivity contribution is 7.89. The summed E-state index contributed by atoms with van der Waals surface area (Å²) in [6.07, 6.45) is 0.877. The highest BCUT2D eigenvalue weighted by Gasteiger charge is 2.27. The van der Waals surface area contributed by atoms with Gasteiger partial charge in [-0.25, -0.2) is 13.6 Å². The molecule has 2 rings (SSSR count). The van der Waals surface area contributed by atoms with Crippen molar-refractivity contribution in [1.82, 2.24) is 4.90 Å². The van der Waals surface area contributed by atoms with Crippen LogP contribution in [0.5, 0.6) is 0 Å². The molecule has 1 aromatic rings. The van der Waals surface area contributed by atoms with E-state index in [-0.39, 0.29) is 10.8 Å². The van der Waals surface area contributed by atoms with Gasteiger partial charge in [0.05, 0.1) is 4.90 Å². The summed E-state index contributed by atoms with van der Waals surface area (Å²) in [5, 5.41) is 5.05. The first kappa shape index (κ1) is 12.1. The lowest BCUT2D eigenvalue weighted by Crippen LogP contribution is -2.24. The van der Waals surface area contributed by atoms with E-state index in [4.69, 9.17) is 5.14 Å². The van der Waals surface area contributed by atoms with Crippen LogP contribution >= 0.6 is 0 Å². The highest BCUT2D eigenvalue weighted by atomic mass is 32.2. The zero-order valence-electron chi connectivity index (χ0n) is 9.51. The third-order valence-corrected chi connectivity index (χ3v) is 3.69. The minimum atomic E-state index is -3.70. The minimum absolute atomic E-state index is 0.0391. The van der Waals surface area contributed by atoms with Crippen LogP contribution in [0.4, 0.5) is 0 Å². The lowest BCUT2D eigenvalue weighted by molar-refractivity contribution is 0.0778. The van der Waals surface area contributed by atoms with E-state index >= 15 is 0 Å². The van der Waals surface area contributed by atoms with Gasteiger partial charge in [0.2, 0.25) is 10.0 Å². The molecule has 1 amide bonds. The van der Waals surface area contributed by atoms with Crippen LogP contribution in [0.25, 0.3) is 0 Å². The van der Waals surface area contributed by atoms with Crippen molar-refractivity contribution in [2.45, 2.75) is 24.8 Å². The zero-order valence-corrected chi connectivity index (χ0v) is 10.3. The van der Waals surface area contributed by atoms with Crippen molar-refractivity contribution in [3.05, 3.63) is 29.3 Å². The molecule has 1 aromatic carbocycles. The van der Waals surface area contributed by atoms with E-state index < -0.39 is 10.0 Å². The molecular formula is C11H14N2O3S. The second-order valence-corrected chi connectivity index (χ2v) is 5.65. The normalized spacial score (nSPS) is 15.2. The SMILES string of the molecule is CCCN1Cc2cc(S(N)(=O)=O)ccc2C1=O. The molecule has 0 bridgehead atoms. The number of primary sulfonamides is 1. The van der Waals surface area contributed by atoms with Gasteiger partial charge in [-0.15, -0.1) is 0 Å². The molecule has 2 N–H and O–H groups in total. The number of fused-ring (bicyclic) bond motifs is 1. The third kappa shape index (κ3) is 2.18. The number of hydrogen-bond donors (Lipinski definition) is 1. The maximum atomic E-state index is 11.9. The first-order chi connectivity index (χ1) is 7.93. The lowest BCUT2D eigenvalue weighted by atomic mass is 10.1. The average Bonchev–Trinajstić information content (AvgIpc) is 2.55. The fourth-order valence-corrected chi connectivity index (χ4v) is 2.55. The summed E-state index contributed by atoms with van der Waals surface area (Å²) in [5.41, 5.74) is 1.31. The number of benzene rings is 1. The van der Waals surface area contributed by atoms with E-state index in [0.717, 1.165) is 12.0 Å². The summed E-state index contributed by atoms with van der Waals surface area (Å²) in [7, 11) is -3.70. The standard InChI is InChI=1S/C11H14N2O3S/c1-2-5-13-7-8-6-9(17(12,15)16)3-4-10(8)11(13)14/h3-4,6H,2,5,7H2,1H3,(H2,12,15,16). The first-order valence-electron chi connectivity index (χ1n) is 5.38. The van der Waals surface area contributed by atoms with Gasteiger partial charge in [-0.1, -0.05) is 6.92 Å². The van der Waals surface area contributed by atoms with Gasteiger partial charge < -0.3 is 4.90 Å². The molecule has 6 heteroatoms. The Hall–Kier alpha value is -1.40. The van der Waals surface area contributed by atoms with Crippen LogP contribution in [0.15, 0.2) is 23.1 Å². The summed E-state index contributed by atoms with van der Waals surface area (Å²) in [6, 6.07) is 4.40. The molecule has 92 valence electrons. The Kier molecular flexibility index (Phi) is 2.92. The Labute approximate surface area is 100 Å². The Morgan fingerprint density at radius 1 is 1.41 bits per heavy atom. The molecular weight excluding hydrogens is 240 g/mol. The van der Waals surface area contributed by atoms with E-state index in [0.29, 0.717) is 18.7 Å². The molecule has 0 atom stereocenters. The van der Waals surface area contributed by atoms with E-state index in [1.54, 1.807) is 4.90 Å². The number of nitrogens with zero attached hydrogens (tertiary/aromatic N) is 1. The third-order valence-electron chi connectivity index (χ3n) is 2.78. The zero-order chi connectivity index (χ0) is 12.6. The van der Waals surface area contributed by atoms with Crippen LogP contribution in [0, 0.1) is 0 Å². The minimum Gasteiger partial charge on any atom is -0.334 e. The lowest BCUT2D eigenvalue weighted by Gasteiger charge is -2.13. The fourth-order valence-electron chi connectivity index (χ4n) is 1.98. The number of hydrogen-bond acceptors (Lipinski definition) is 3. The Balaban J connectivity index is 2.40. The summed E-state index contributed by atoms with van der Waals surface area (Å²) in [6.45, 7) is 3.13. The quantitative estimate of drug-likeness (QED) is 0.862. The van der Waals surface area contributed by atoms with Gasteiger partial charge in [-0.3, -0.25) is 4.79 Å². The van der Waals surface area contributed by atoms with Gasteiger partial charge in [0.1, 0.15) is 0 Å². The Bertz CT molecular complexity index is 566. The number of amides is 1. The van der Waals surface area contributed by atoms with Crippen molar-refractivity contribution < 1.29 is 13.2 Å². The fraction of sp³-hybridized carbons (Fsp3) is 0.364. The Morgan fingerprint density at radius 2 is 2.12 bits per heavy atom. The van der Waals surface area contributed by atoms with Crippen molar-refractivity contribution in [2.75, 3.05) is 6.54 Å². The smallest absolute Gasteiger partial charge is 0.254 e. The number of carbonyl (C=O) groups excluding carboxylic acids is 1. The molecule has 0 spiro atoms. The summed E-state index contributed by atoms with van der Waals surface area (Å²) < 4.78 is 22.4. The Morgan fingerprint density at radius 3 is 2.71 bits per heavy atom. The van der Waals surface area contributed by atoms with Gasteiger partial charge >= 0.3 is 0 Å². The van der Waals surface area contributed by atoms with Crippen molar-refractivity contribution >= 4 is 15.9 Å². The summed E-state index contributed by atoms with van der Waals surface area (Å²) >= 11 is 0. The molecule has 1 aliphatic heterocycles. The topological polar surface area (TPSA) is 80.5 Å². The molecule has 0 radical (unpaired) electrons. The van der Waals surface area contributed by atoms with Crippen molar-refractivity contribution in [2.24, 2.45) is 5.14 Å². The van der Waals surface area contributed by atoms with Gasteiger partial charge in [0.15, 0.2) is 0 Å². The van der Waals surface area contributed by atoms with E-state index in [1.807, 2.05) is 6.92 Å². The van der Waals surface area contributed by atoms with Crippen LogP contribution in [0.3, 0.4) is 0 Å². The predicted octanol–water partition coefficient (Wildman–Crippen LogP) is 0.700. The van der Waals surface area contributed by atoms with Crippen LogP contribution in [-0.4, -0.2) is 25.8 Å². The first-order valence-corrected chi connectivity index (χ1v) is 6.93. The number of carbonyl (C=O) groups is 1. The maximum Gasteiger partial charge on any atom is 0.254 e. The molecule has 5 nitrogen and oxygen atoms in total. The van der Waals surface area contributed by atoms with Crippen LogP contribution in [0.1, 0.15) is 29.3 Å². The van der Waals surface area contributed by atoms with Crippen molar-refractivity contribution in [3.8, 4) is 0 Å². The van der Waals surface area contributed by atoms with E-state index in [9.17, 15) is 13.2 Å². The molecule has 0 aromatic heterocycles. The van der Waals surface area contributed by atoms with Gasteiger partial charge in [0.25, 0.3) is 5.91 Å². The van der Waals surface area contributed by atoms with Gasteiger partial charge in [-0.2, -0.15) is 0 Å². The maximum absolute atomic E-state index is 11.9.